The van der Waals surface area contributed by atoms with Gasteiger partial charge >= 0.3 is 0 Å². The molecule has 0 saturated heterocycles. The van der Waals surface area contributed by atoms with Gasteiger partial charge in [0.1, 0.15) is 0 Å². The predicted octanol–water partition coefficient (Wildman–Crippen LogP) is 4.03. The molecule has 2 aromatic rings. The second-order valence-corrected chi connectivity index (χ2v) is 4.72. The summed E-state index contributed by atoms with van der Waals surface area (Å²) in [5.41, 5.74) is 2.26. The van der Waals surface area contributed by atoms with Gasteiger partial charge in [0.25, 0.3) is 0 Å². The van der Waals surface area contributed by atoms with Gasteiger partial charge in [-0.25, -0.2) is 0 Å². The van der Waals surface area contributed by atoms with Crippen LogP contribution in [0.5, 0.6) is 0 Å². The third kappa shape index (κ3) is 1.97. The molecule has 2 aromatic heterocycles. The lowest BCUT2D eigenvalue weighted by Crippen LogP contribution is -1.83. The molecule has 0 bridgehead atoms. The van der Waals surface area contributed by atoms with E-state index in [-0.39, 0.29) is 0 Å². The first-order valence-electron chi connectivity index (χ1n) is 4.50. The lowest BCUT2D eigenvalue weighted by Gasteiger charge is -1.98. The summed E-state index contributed by atoms with van der Waals surface area (Å²) in [5, 5.41) is 0. The summed E-state index contributed by atoms with van der Waals surface area (Å²) in [7, 11) is 0. The van der Waals surface area contributed by atoms with Crippen LogP contribution < -0.4 is 0 Å². The van der Waals surface area contributed by atoms with E-state index in [9.17, 15) is 0 Å². The van der Waals surface area contributed by atoms with E-state index in [1.165, 1.54) is 5.56 Å². The maximum Gasteiger partial charge on any atom is 0.0935 e. The van der Waals surface area contributed by atoms with Crippen molar-refractivity contribution < 1.29 is 0 Å². The van der Waals surface area contributed by atoms with Crippen molar-refractivity contribution in [3.05, 3.63) is 40.4 Å². The molecule has 2 rings (SSSR count). The van der Waals surface area contributed by atoms with Gasteiger partial charge in [-0.15, -0.1) is 11.3 Å². The largest absolute Gasteiger partial charge is 0.255 e. The molecule has 0 aliphatic heterocycles. The molecular weight excluding hydrogens is 214 g/mol. The molecule has 0 radical (unpaired) electrons. The monoisotopic (exact) mass is 223 g/mol. The van der Waals surface area contributed by atoms with Crippen molar-refractivity contribution in [3.8, 4) is 10.6 Å². The minimum absolute atomic E-state index is 0.807. The summed E-state index contributed by atoms with van der Waals surface area (Å²) in [6, 6.07) is 8.05. The van der Waals surface area contributed by atoms with Crippen LogP contribution in [0.15, 0.2) is 30.5 Å². The Morgan fingerprint density at radius 2 is 2.14 bits per heavy atom. The van der Waals surface area contributed by atoms with Crippen LogP contribution in [0.3, 0.4) is 0 Å². The lowest BCUT2D eigenvalue weighted by atomic mass is 10.2. The third-order valence-corrected chi connectivity index (χ3v) is 3.31. The van der Waals surface area contributed by atoms with Crippen LogP contribution in [0.4, 0.5) is 0 Å². The quantitative estimate of drug-likeness (QED) is 0.749. The van der Waals surface area contributed by atoms with E-state index in [1.54, 1.807) is 11.3 Å². The van der Waals surface area contributed by atoms with Crippen molar-refractivity contribution in [3.63, 3.8) is 0 Å². The summed E-state index contributed by atoms with van der Waals surface area (Å²) in [6.07, 6.45) is 2.95. The van der Waals surface area contributed by atoms with Crippen molar-refractivity contribution in [2.24, 2.45) is 0 Å². The smallest absolute Gasteiger partial charge is 0.0935 e. The van der Waals surface area contributed by atoms with Crippen molar-refractivity contribution in [2.45, 2.75) is 13.3 Å². The molecule has 0 aliphatic carbocycles. The standard InChI is InChI=1S/C11H10ClNS/c1-2-8-3-4-9(13-7-8)10-5-6-11(12)14-10/h3-7H,2H2,1H3. The molecule has 3 heteroatoms. The van der Waals surface area contributed by atoms with E-state index in [4.69, 9.17) is 11.6 Å². The molecule has 2 heterocycles. The Labute approximate surface area is 92.4 Å². The normalized spacial score (nSPS) is 10.4. The van der Waals surface area contributed by atoms with E-state index in [2.05, 4.69) is 18.0 Å². The van der Waals surface area contributed by atoms with Crippen LogP contribution >= 0.6 is 22.9 Å². The Morgan fingerprint density at radius 3 is 2.64 bits per heavy atom. The molecule has 0 aromatic carbocycles. The molecule has 0 spiro atoms. The van der Waals surface area contributed by atoms with E-state index in [1.807, 2.05) is 24.4 Å². The molecular formula is C11H10ClNS. The zero-order chi connectivity index (χ0) is 9.97. The number of hydrogen-bond acceptors (Lipinski definition) is 2. The number of pyridine rings is 1. The summed E-state index contributed by atoms with van der Waals surface area (Å²) in [4.78, 5) is 5.51. The van der Waals surface area contributed by atoms with Gasteiger partial charge in [0, 0.05) is 6.20 Å². The number of nitrogens with zero attached hydrogens (tertiary/aromatic N) is 1. The van der Waals surface area contributed by atoms with Gasteiger partial charge in [0.15, 0.2) is 0 Å². The Kier molecular flexibility index (Phi) is 2.85. The second kappa shape index (κ2) is 4.11. The summed E-state index contributed by atoms with van der Waals surface area (Å²) in [5.74, 6) is 0. The zero-order valence-corrected chi connectivity index (χ0v) is 9.40. The van der Waals surface area contributed by atoms with E-state index in [0.29, 0.717) is 0 Å². The molecule has 0 N–H and O–H groups in total. The fraction of sp³-hybridized carbons (Fsp3) is 0.182. The highest BCUT2D eigenvalue weighted by molar-refractivity contribution is 7.19. The minimum atomic E-state index is 0.807. The van der Waals surface area contributed by atoms with Crippen molar-refractivity contribution in [1.82, 2.24) is 4.98 Å². The third-order valence-electron chi connectivity index (χ3n) is 2.06. The fourth-order valence-electron chi connectivity index (χ4n) is 1.23. The predicted molar refractivity (Wildman–Crippen MR) is 61.9 cm³/mol. The maximum absolute atomic E-state index is 5.86. The van der Waals surface area contributed by atoms with E-state index < -0.39 is 0 Å². The Morgan fingerprint density at radius 1 is 1.29 bits per heavy atom. The Balaban J connectivity index is 2.33. The Bertz CT molecular complexity index is 419. The summed E-state index contributed by atoms with van der Waals surface area (Å²) >= 11 is 7.42. The fourth-order valence-corrected chi connectivity index (χ4v) is 2.25. The SMILES string of the molecule is CCc1ccc(-c2ccc(Cl)s2)nc1. The van der Waals surface area contributed by atoms with Gasteiger partial charge < -0.3 is 0 Å². The van der Waals surface area contributed by atoms with Crippen LogP contribution in [0.25, 0.3) is 10.6 Å². The zero-order valence-electron chi connectivity index (χ0n) is 7.83. The van der Waals surface area contributed by atoms with Crippen molar-refractivity contribution >= 4 is 22.9 Å². The molecule has 0 amide bonds. The van der Waals surface area contributed by atoms with Crippen LogP contribution in [0.1, 0.15) is 12.5 Å². The molecule has 0 atom stereocenters. The average molecular weight is 224 g/mol. The molecule has 0 saturated carbocycles. The Hall–Kier alpha value is -0.860. The van der Waals surface area contributed by atoms with Crippen molar-refractivity contribution in [1.29, 1.82) is 0 Å². The van der Waals surface area contributed by atoms with Gasteiger partial charge in [-0.2, -0.15) is 0 Å². The van der Waals surface area contributed by atoms with Crippen LogP contribution in [-0.4, -0.2) is 4.98 Å². The van der Waals surface area contributed by atoms with Crippen LogP contribution in [0.2, 0.25) is 4.34 Å². The summed E-state index contributed by atoms with van der Waals surface area (Å²) in [6.45, 7) is 2.12. The lowest BCUT2D eigenvalue weighted by molar-refractivity contribution is 1.11. The molecule has 72 valence electrons. The number of hydrogen-bond donors (Lipinski definition) is 0. The highest BCUT2D eigenvalue weighted by Crippen LogP contribution is 2.29. The number of rotatable bonds is 2. The first-order chi connectivity index (χ1) is 6.79. The molecule has 14 heavy (non-hydrogen) atoms. The summed E-state index contributed by atoms with van der Waals surface area (Å²) < 4.78 is 0.807. The first kappa shape index (κ1) is 9.69. The topological polar surface area (TPSA) is 12.9 Å². The highest BCUT2D eigenvalue weighted by Gasteiger charge is 2.02. The maximum atomic E-state index is 5.86. The second-order valence-electron chi connectivity index (χ2n) is 3.01. The van der Waals surface area contributed by atoms with E-state index >= 15 is 0 Å². The highest BCUT2D eigenvalue weighted by atomic mass is 35.5. The minimum Gasteiger partial charge on any atom is -0.255 e. The van der Waals surface area contributed by atoms with Gasteiger partial charge in [0.05, 0.1) is 14.9 Å². The van der Waals surface area contributed by atoms with Gasteiger partial charge in [-0.05, 0) is 30.2 Å². The molecule has 0 aliphatic rings. The molecule has 1 nitrogen and oxygen atoms in total. The van der Waals surface area contributed by atoms with Gasteiger partial charge in [0.2, 0.25) is 0 Å². The van der Waals surface area contributed by atoms with E-state index in [0.717, 1.165) is 21.3 Å². The first-order valence-corrected chi connectivity index (χ1v) is 5.69. The number of halogens is 1. The van der Waals surface area contributed by atoms with Crippen molar-refractivity contribution in [2.75, 3.05) is 0 Å². The molecule has 0 fully saturated rings. The number of thiophene rings is 1. The molecule has 0 unspecified atom stereocenters. The number of aryl methyl sites for hydroxylation is 1. The van der Waals surface area contributed by atoms with Crippen LogP contribution in [-0.2, 0) is 6.42 Å². The van der Waals surface area contributed by atoms with Gasteiger partial charge in [-0.1, -0.05) is 24.6 Å². The number of aromatic nitrogens is 1. The van der Waals surface area contributed by atoms with Crippen LogP contribution in [0, 0.1) is 0 Å². The average Bonchev–Trinajstić information content (AvgIpc) is 2.65. The van der Waals surface area contributed by atoms with Gasteiger partial charge in [-0.3, -0.25) is 4.98 Å².